The number of benzene rings is 1. The number of hydrogen-bond donors (Lipinski definition) is 1. The van der Waals surface area contributed by atoms with Crippen molar-refractivity contribution in [3.05, 3.63) is 29.3 Å². The van der Waals surface area contributed by atoms with Crippen LogP contribution < -0.4 is 5.32 Å². The predicted octanol–water partition coefficient (Wildman–Crippen LogP) is 3.80. The minimum absolute atomic E-state index is 0.608. The molecule has 0 bridgehead atoms. The van der Waals surface area contributed by atoms with Crippen molar-refractivity contribution in [2.75, 3.05) is 25.5 Å². The van der Waals surface area contributed by atoms with Gasteiger partial charge in [0.1, 0.15) is 0 Å². The number of nitrogens with one attached hydrogen (secondary N) is 1. The Hall–Kier alpha value is -1.13. The highest BCUT2D eigenvalue weighted by Crippen LogP contribution is 2.19. The molecule has 1 heterocycles. The molecule has 0 spiro atoms. The topological polar surface area (TPSA) is 18.5 Å². The van der Waals surface area contributed by atoms with Crippen molar-refractivity contribution in [1.29, 1.82) is 0 Å². The Morgan fingerprint density at radius 3 is 2.41 bits per heavy atom. The van der Waals surface area contributed by atoms with E-state index in [-0.39, 0.29) is 0 Å². The standard InChI is InChI=1S/C18H29N3S/c1-13(2)20(5)17-8-10-21(11-9-17)18(22)19-16-7-6-14(3)15(4)12-16/h6-7,12-13,17H,8-11H2,1-5H3,(H,19,22). The fraction of sp³-hybridized carbons (Fsp3) is 0.611. The molecule has 3 nitrogen and oxygen atoms in total. The highest BCUT2D eigenvalue weighted by molar-refractivity contribution is 7.80. The first-order chi connectivity index (χ1) is 10.4. The molecule has 1 aliphatic rings. The van der Waals surface area contributed by atoms with Crippen LogP contribution in [0.4, 0.5) is 5.69 Å². The summed E-state index contributed by atoms with van der Waals surface area (Å²) in [5.74, 6) is 0. The molecular weight excluding hydrogens is 290 g/mol. The molecule has 1 aromatic rings. The maximum absolute atomic E-state index is 5.59. The van der Waals surface area contributed by atoms with Gasteiger partial charge in [-0.05, 0) is 83.1 Å². The van der Waals surface area contributed by atoms with Gasteiger partial charge in [0, 0.05) is 30.9 Å². The van der Waals surface area contributed by atoms with E-state index in [4.69, 9.17) is 12.2 Å². The molecule has 2 rings (SSSR count). The van der Waals surface area contributed by atoms with Crippen molar-refractivity contribution in [2.45, 2.75) is 52.6 Å². The predicted molar refractivity (Wildman–Crippen MR) is 99.6 cm³/mol. The molecular formula is C18H29N3S. The van der Waals surface area contributed by atoms with Gasteiger partial charge in [0.25, 0.3) is 0 Å². The van der Waals surface area contributed by atoms with Crippen molar-refractivity contribution in [3.63, 3.8) is 0 Å². The molecule has 0 saturated carbocycles. The summed E-state index contributed by atoms with van der Waals surface area (Å²) < 4.78 is 0. The van der Waals surface area contributed by atoms with Gasteiger partial charge in [0.2, 0.25) is 0 Å². The zero-order valence-electron chi connectivity index (χ0n) is 14.5. The molecule has 0 aromatic heterocycles. The molecule has 0 atom stereocenters. The molecule has 1 aromatic carbocycles. The molecule has 0 unspecified atom stereocenters. The fourth-order valence-corrected chi connectivity index (χ4v) is 3.22. The maximum atomic E-state index is 5.59. The van der Waals surface area contributed by atoms with Crippen LogP contribution in [0, 0.1) is 13.8 Å². The van der Waals surface area contributed by atoms with Gasteiger partial charge < -0.3 is 15.1 Å². The van der Waals surface area contributed by atoms with Gasteiger partial charge in [-0.2, -0.15) is 0 Å². The van der Waals surface area contributed by atoms with Gasteiger partial charge in [0.05, 0.1) is 0 Å². The minimum atomic E-state index is 0.608. The van der Waals surface area contributed by atoms with Crippen LogP contribution in [-0.4, -0.2) is 47.1 Å². The first-order valence-corrected chi connectivity index (χ1v) is 8.64. The Kier molecular flexibility index (Phi) is 5.81. The van der Waals surface area contributed by atoms with Crippen molar-refractivity contribution in [2.24, 2.45) is 0 Å². The van der Waals surface area contributed by atoms with E-state index < -0.39 is 0 Å². The number of anilines is 1. The van der Waals surface area contributed by atoms with Crippen LogP contribution in [0.2, 0.25) is 0 Å². The Labute approximate surface area is 140 Å². The van der Waals surface area contributed by atoms with E-state index in [1.165, 1.54) is 24.0 Å². The summed E-state index contributed by atoms with van der Waals surface area (Å²) in [6, 6.07) is 7.71. The molecule has 4 heteroatoms. The third kappa shape index (κ3) is 4.20. The summed E-state index contributed by atoms with van der Waals surface area (Å²) in [6.07, 6.45) is 2.37. The normalized spacial score (nSPS) is 16.4. The van der Waals surface area contributed by atoms with E-state index in [1.54, 1.807) is 0 Å². The van der Waals surface area contributed by atoms with Gasteiger partial charge in [-0.3, -0.25) is 0 Å². The number of thiocarbonyl (C=S) groups is 1. The number of aryl methyl sites for hydroxylation is 2. The average Bonchev–Trinajstić information content (AvgIpc) is 2.50. The molecule has 0 aliphatic carbocycles. The summed E-state index contributed by atoms with van der Waals surface area (Å²) in [4.78, 5) is 4.78. The molecule has 1 N–H and O–H groups in total. The van der Waals surface area contributed by atoms with E-state index in [9.17, 15) is 0 Å². The van der Waals surface area contributed by atoms with Crippen LogP contribution >= 0.6 is 12.2 Å². The van der Waals surface area contributed by atoms with Crippen LogP contribution in [0.25, 0.3) is 0 Å². The van der Waals surface area contributed by atoms with E-state index in [2.05, 4.69) is 68.1 Å². The lowest BCUT2D eigenvalue weighted by atomic mass is 10.0. The zero-order valence-corrected chi connectivity index (χ0v) is 15.3. The summed E-state index contributed by atoms with van der Waals surface area (Å²) in [6.45, 7) is 10.9. The van der Waals surface area contributed by atoms with Crippen LogP contribution in [0.5, 0.6) is 0 Å². The zero-order chi connectivity index (χ0) is 16.3. The van der Waals surface area contributed by atoms with Crippen molar-refractivity contribution >= 4 is 23.0 Å². The Morgan fingerprint density at radius 2 is 1.86 bits per heavy atom. The molecule has 0 radical (unpaired) electrons. The first kappa shape index (κ1) is 17.2. The van der Waals surface area contributed by atoms with Crippen LogP contribution in [-0.2, 0) is 0 Å². The fourth-order valence-electron chi connectivity index (χ4n) is 2.92. The van der Waals surface area contributed by atoms with E-state index >= 15 is 0 Å². The minimum Gasteiger partial charge on any atom is -0.349 e. The number of rotatable bonds is 3. The number of likely N-dealkylation sites (tertiary alicyclic amines) is 1. The summed E-state index contributed by atoms with van der Waals surface area (Å²) in [5.41, 5.74) is 3.70. The maximum Gasteiger partial charge on any atom is 0.173 e. The largest absolute Gasteiger partial charge is 0.349 e. The number of hydrogen-bond acceptors (Lipinski definition) is 2. The average molecular weight is 320 g/mol. The highest BCUT2D eigenvalue weighted by Gasteiger charge is 2.24. The molecule has 1 saturated heterocycles. The van der Waals surface area contributed by atoms with E-state index in [1.807, 2.05) is 0 Å². The van der Waals surface area contributed by atoms with Crippen LogP contribution in [0.1, 0.15) is 37.8 Å². The SMILES string of the molecule is Cc1ccc(NC(=S)N2CCC(N(C)C(C)C)CC2)cc1C. The summed E-state index contributed by atoms with van der Waals surface area (Å²) in [5, 5.41) is 4.25. The summed E-state index contributed by atoms with van der Waals surface area (Å²) >= 11 is 5.59. The lowest BCUT2D eigenvalue weighted by Gasteiger charge is -2.39. The third-order valence-corrected chi connectivity index (χ3v) is 5.26. The van der Waals surface area contributed by atoms with Gasteiger partial charge in [-0.1, -0.05) is 6.07 Å². The van der Waals surface area contributed by atoms with Crippen molar-refractivity contribution < 1.29 is 0 Å². The molecule has 1 fully saturated rings. The lowest BCUT2D eigenvalue weighted by Crippen LogP contribution is -2.48. The second-order valence-electron chi connectivity index (χ2n) is 6.71. The number of nitrogens with zero attached hydrogens (tertiary/aromatic N) is 2. The summed E-state index contributed by atoms with van der Waals surface area (Å²) in [7, 11) is 2.23. The second-order valence-corrected chi connectivity index (χ2v) is 7.09. The first-order valence-electron chi connectivity index (χ1n) is 8.23. The second kappa shape index (κ2) is 7.42. The van der Waals surface area contributed by atoms with E-state index in [0.717, 1.165) is 23.9 Å². The van der Waals surface area contributed by atoms with Crippen molar-refractivity contribution in [3.8, 4) is 0 Å². The lowest BCUT2D eigenvalue weighted by molar-refractivity contribution is 0.136. The smallest absolute Gasteiger partial charge is 0.173 e. The van der Waals surface area contributed by atoms with Gasteiger partial charge in [-0.15, -0.1) is 0 Å². The van der Waals surface area contributed by atoms with Gasteiger partial charge >= 0.3 is 0 Å². The number of piperidine rings is 1. The van der Waals surface area contributed by atoms with Gasteiger partial charge in [-0.25, -0.2) is 0 Å². The van der Waals surface area contributed by atoms with Crippen LogP contribution in [0.3, 0.4) is 0 Å². The Balaban J connectivity index is 1.88. The molecule has 122 valence electrons. The van der Waals surface area contributed by atoms with E-state index in [0.29, 0.717) is 12.1 Å². The van der Waals surface area contributed by atoms with Crippen molar-refractivity contribution in [1.82, 2.24) is 9.80 Å². The molecule has 0 amide bonds. The van der Waals surface area contributed by atoms with Crippen LogP contribution in [0.15, 0.2) is 18.2 Å². The molecule has 1 aliphatic heterocycles. The molecule has 22 heavy (non-hydrogen) atoms. The quantitative estimate of drug-likeness (QED) is 0.854. The van der Waals surface area contributed by atoms with Gasteiger partial charge in [0.15, 0.2) is 5.11 Å². The Bertz CT molecular complexity index is 519. The Morgan fingerprint density at radius 1 is 1.23 bits per heavy atom. The monoisotopic (exact) mass is 319 g/mol. The highest BCUT2D eigenvalue weighted by atomic mass is 32.1. The third-order valence-electron chi connectivity index (χ3n) is 4.90.